The standard InChI is InChI=1S/C21H22Cl2F3N5O/c1-12-17(22)13(2)31(28-12)11-15-5-7-16(8-6-15)20(32)27-9-4-10-30-14(3)18(23)19(29-30)21(24,25)26/h5-8H,4,9-11H2,1-3H3,(H,27,32). The van der Waals surface area contributed by atoms with E-state index < -0.39 is 16.9 Å². The van der Waals surface area contributed by atoms with Crippen molar-refractivity contribution in [3.63, 3.8) is 0 Å². The van der Waals surface area contributed by atoms with Gasteiger partial charge in [-0.1, -0.05) is 35.3 Å². The number of nitrogens with one attached hydrogen (secondary N) is 1. The lowest BCUT2D eigenvalue weighted by Crippen LogP contribution is -2.25. The predicted octanol–water partition coefficient (Wildman–Crippen LogP) is 5.20. The highest BCUT2D eigenvalue weighted by Crippen LogP contribution is 2.35. The Bertz CT molecular complexity index is 1120. The normalized spacial score (nSPS) is 11.8. The summed E-state index contributed by atoms with van der Waals surface area (Å²) in [5.74, 6) is -0.267. The zero-order valence-electron chi connectivity index (χ0n) is 17.7. The number of carbonyl (C=O) groups excluding carboxylic acids is 1. The number of benzene rings is 1. The molecule has 1 amide bonds. The van der Waals surface area contributed by atoms with Crippen molar-refractivity contribution in [2.45, 2.75) is 46.5 Å². The molecule has 0 aliphatic rings. The van der Waals surface area contributed by atoms with Crippen LogP contribution in [-0.2, 0) is 19.3 Å². The van der Waals surface area contributed by atoms with Crippen LogP contribution >= 0.6 is 23.2 Å². The van der Waals surface area contributed by atoms with Crippen molar-refractivity contribution >= 4 is 29.1 Å². The van der Waals surface area contributed by atoms with Crippen LogP contribution in [0.1, 0.15) is 45.1 Å². The van der Waals surface area contributed by atoms with Gasteiger partial charge < -0.3 is 5.32 Å². The maximum absolute atomic E-state index is 12.9. The van der Waals surface area contributed by atoms with Gasteiger partial charge in [-0.2, -0.15) is 23.4 Å². The van der Waals surface area contributed by atoms with Crippen LogP contribution < -0.4 is 5.32 Å². The predicted molar refractivity (Wildman–Crippen MR) is 116 cm³/mol. The zero-order valence-corrected chi connectivity index (χ0v) is 19.2. The van der Waals surface area contributed by atoms with Gasteiger partial charge in [0.25, 0.3) is 5.91 Å². The third-order valence-electron chi connectivity index (χ3n) is 5.08. The number of carbonyl (C=O) groups is 1. The van der Waals surface area contributed by atoms with Crippen LogP contribution in [-0.4, -0.2) is 32.0 Å². The van der Waals surface area contributed by atoms with E-state index in [2.05, 4.69) is 15.5 Å². The van der Waals surface area contributed by atoms with Crippen LogP contribution in [0.3, 0.4) is 0 Å². The molecule has 0 saturated carbocycles. The lowest BCUT2D eigenvalue weighted by Gasteiger charge is -2.08. The molecular formula is C21H22Cl2F3N5O. The molecule has 2 heterocycles. The second-order valence-corrected chi connectivity index (χ2v) is 8.17. The summed E-state index contributed by atoms with van der Waals surface area (Å²) in [6.07, 6.45) is -4.20. The number of halogens is 5. The highest BCUT2D eigenvalue weighted by Gasteiger charge is 2.38. The molecular weight excluding hydrogens is 466 g/mol. The lowest BCUT2D eigenvalue weighted by molar-refractivity contribution is -0.141. The second-order valence-electron chi connectivity index (χ2n) is 7.42. The molecule has 6 nitrogen and oxygen atoms in total. The molecule has 11 heteroatoms. The van der Waals surface area contributed by atoms with Gasteiger partial charge in [0.15, 0.2) is 5.69 Å². The number of amides is 1. The van der Waals surface area contributed by atoms with E-state index in [-0.39, 0.29) is 24.7 Å². The number of hydrogen-bond donors (Lipinski definition) is 1. The van der Waals surface area contributed by atoms with Crippen molar-refractivity contribution in [2.75, 3.05) is 6.54 Å². The van der Waals surface area contributed by atoms with Crippen LogP contribution in [0.5, 0.6) is 0 Å². The molecule has 0 unspecified atom stereocenters. The minimum Gasteiger partial charge on any atom is -0.352 e. The Hall–Kier alpha value is -2.52. The summed E-state index contributed by atoms with van der Waals surface area (Å²) in [7, 11) is 0. The van der Waals surface area contributed by atoms with Crippen molar-refractivity contribution in [1.82, 2.24) is 24.9 Å². The third-order valence-corrected chi connectivity index (χ3v) is 6.08. The molecule has 172 valence electrons. The van der Waals surface area contributed by atoms with E-state index >= 15 is 0 Å². The first kappa shape index (κ1) is 24.1. The fourth-order valence-electron chi connectivity index (χ4n) is 3.22. The number of rotatable bonds is 7. The quantitative estimate of drug-likeness (QED) is 0.465. The van der Waals surface area contributed by atoms with E-state index in [1.807, 2.05) is 26.0 Å². The molecule has 1 N–H and O–H groups in total. The van der Waals surface area contributed by atoms with Gasteiger partial charge in [-0.05, 0) is 44.9 Å². The molecule has 0 atom stereocenters. The van der Waals surface area contributed by atoms with E-state index in [0.29, 0.717) is 23.6 Å². The minimum atomic E-state index is -4.60. The van der Waals surface area contributed by atoms with E-state index in [1.165, 1.54) is 11.6 Å². The van der Waals surface area contributed by atoms with E-state index in [0.717, 1.165) is 17.0 Å². The number of nitrogens with zero attached hydrogens (tertiary/aromatic N) is 4. The molecule has 0 spiro atoms. The average Bonchev–Trinajstić information content (AvgIpc) is 3.16. The van der Waals surface area contributed by atoms with E-state index in [1.54, 1.807) is 16.8 Å². The van der Waals surface area contributed by atoms with Crippen molar-refractivity contribution in [3.05, 3.63) is 68.2 Å². The van der Waals surface area contributed by atoms with Crippen molar-refractivity contribution in [1.29, 1.82) is 0 Å². The Morgan fingerprint density at radius 2 is 1.62 bits per heavy atom. The van der Waals surface area contributed by atoms with Crippen molar-refractivity contribution in [3.8, 4) is 0 Å². The first-order valence-electron chi connectivity index (χ1n) is 9.85. The highest BCUT2D eigenvalue weighted by atomic mass is 35.5. The van der Waals surface area contributed by atoms with Gasteiger partial charge in [-0.15, -0.1) is 0 Å². The van der Waals surface area contributed by atoms with E-state index in [9.17, 15) is 18.0 Å². The van der Waals surface area contributed by atoms with Crippen LogP contribution in [0.4, 0.5) is 13.2 Å². The number of hydrogen-bond acceptors (Lipinski definition) is 3. The molecule has 0 radical (unpaired) electrons. The zero-order chi connectivity index (χ0) is 23.6. The molecule has 0 aliphatic heterocycles. The summed E-state index contributed by atoms with van der Waals surface area (Å²) in [6, 6.07) is 7.11. The minimum absolute atomic E-state index is 0.200. The molecule has 1 aromatic carbocycles. The summed E-state index contributed by atoms with van der Waals surface area (Å²) < 4.78 is 41.7. The molecule has 0 fully saturated rings. The van der Waals surface area contributed by atoms with Crippen LogP contribution in [0.25, 0.3) is 0 Å². The van der Waals surface area contributed by atoms with Gasteiger partial charge in [-0.3, -0.25) is 14.2 Å². The number of aryl methyl sites for hydroxylation is 2. The Morgan fingerprint density at radius 1 is 1.00 bits per heavy atom. The third kappa shape index (κ3) is 5.27. The van der Waals surface area contributed by atoms with Gasteiger partial charge in [-0.25, -0.2) is 0 Å². The Morgan fingerprint density at radius 3 is 2.16 bits per heavy atom. The molecule has 3 aromatic rings. The summed E-state index contributed by atoms with van der Waals surface area (Å²) in [5, 5.41) is 10.9. The molecule has 0 saturated heterocycles. The summed E-state index contributed by atoms with van der Waals surface area (Å²) in [5.41, 5.74) is 2.24. The first-order valence-corrected chi connectivity index (χ1v) is 10.6. The summed E-state index contributed by atoms with van der Waals surface area (Å²) >= 11 is 11.9. The molecule has 0 bridgehead atoms. The van der Waals surface area contributed by atoms with E-state index in [4.69, 9.17) is 23.2 Å². The Labute approximate surface area is 193 Å². The number of aromatic nitrogens is 4. The Kier molecular flexibility index (Phi) is 7.19. The first-order chi connectivity index (χ1) is 15.0. The maximum Gasteiger partial charge on any atom is 0.436 e. The van der Waals surface area contributed by atoms with Crippen LogP contribution in [0, 0.1) is 20.8 Å². The lowest BCUT2D eigenvalue weighted by atomic mass is 10.1. The van der Waals surface area contributed by atoms with Gasteiger partial charge in [0.2, 0.25) is 0 Å². The van der Waals surface area contributed by atoms with Gasteiger partial charge >= 0.3 is 6.18 Å². The summed E-state index contributed by atoms with van der Waals surface area (Å²) in [4.78, 5) is 12.3. The largest absolute Gasteiger partial charge is 0.436 e. The SMILES string of the molecule is Cc1nn(Cc2ccc(C(=O)NCCCn3nc(C(F)(F)F)c(Cl)c3C)cc2)c(C)c1Cl. The smallest absolute Gasteiger partial charge is 0.352 e. The van der Waals surface area contributed by atoms with Crippen LogP contribution in [0.2, 0.25) is 10.0 Å². The van der Waals surface area contributed by atoms with Gasteiger partial charge in [0.1, 0.15) is 0 Å². The van der Waals surface area contributed by atoms with Crippen molar-refractivity contribution < 1.29 is 18.0 Å². The van der Waals surface area contributed by atoms with Gasteiger partial charge in [0.05, 0.1) is 33.7 Å². The summed E-state index contributed by atoms with van der Waals surface area (Å²) in [6.45, 7) is 6.23. The molecule has 0 aliphatic carbocycles. The van der Waals surface area contributed by atoms with Gasteiger partial charge in [0, 0.05) is 18.7 Å². The highest BCUT2D eigenvalue weighted by molar-refractivity contribution is 6.32. The fourth-order valence-corrected chi connectivity index (χ4v) is 3.60. The van der Waals surface area contributed by atoms with Crippen molar-refractivity contribution in [2.24, 2.45) is 0 Å². The monoisotopic (exact) mass is 487 g/mol. The van der Waals surface area contributed by atoms with Crippen LogP contribution in [0.15, 0.2) is 24.3 Å². The second kappa shape index (κ2) is 9.54. The molecule has 32 heavy (non-hydrogen) atoms. The fraction of sp³-hybridized carbons (Fsp3) is 0.381. The average molecular weight is 488 g/mol. The molecule has 2 aromatic heterocycles. The molecule has 3 rings (SSSR count). The Balaban J connectivity index is 1.52. The maximum atomic E-state index is 12.9. The number of alkyl halides is 3. The topological polar surface area (TPSA) is 64.7 Å².